The lowest BCUT2D eigenvalue weighted by Gasteiger charge is -2.26. The van der Waals surface area contributed by atoms with Crippen LogP contribution in [0.15, 0.2) is 53.9 Å². The molecule has 28 heavy (non-hydrogen) atoms. The van der Waals surface area contributed by atoms with Crippen LogP contribution in [0, 0.1) is 6.92 Å². The molecule has 3 aromatic rings. The van der Waals surface area contributed by atoms with Crippen molar-refractivity contribution in [3.8, 4) is 5.75 Å². The van der Waals surface area contributed by atoms with Gasteiger partial charge in [-0.1, -0.05) is 35.9 Å². The zero-order chi connectivity index (χ0) is 20.1. The number of hydrogen-bond donors (Lipinski definition) is 0. The Morgan fingerprint density at radius 2 is 2.00 bits per heavy atom. The predicted molar refractivity (Wildman–Crippen MR) is 114 cm³/mol. The minimum absolute atomic E-state index is 0.0258. The second-order valence-corrected chi connectivity index (χ2v) is 8.20. The van der Waals surface area contributed by atoms with Crippen LogP contribution in [0.4, 0.5) is 0 Å². The Labute approximate surface area is 174 Å². The normalized spacial score (nSPS) is 10.9. The van der Waals surface area contributed by atoms with Gasteiger partial charge in [0.15, 0.2) is 0 Å². The van der Waals surface area contributed by atoms with Crippen LogP contribution in [0.5, 0.6) is 5.75 Å². The summed E-state index contributed by atoms with van der Waals surface area (Å²) >= 11 is 7.51. The molecule has 0 aliphatic heterocycles. The summed E-state index contributed by atoms with van der Waals surface area (Å²) in [5, 5.41) is 3.48. The smallest absolute Gasteiger partial charge is 0.254 e. The fourth-order valence-electron chi connectivity index (χ4n) is 2.82. The highest BCUT2D eigenvalue weighted by atomic mass is 35.5. The summed E-state index contributed by atoms with van der Waals surface area (Å²) in [5.41, 5.74) is 2.58. The lowest BCUT2D eigenvalue weighted by Crippen LogP contribution is -2.36. The zero-order valence-corrected chi connectivity index (χ0v) is 17.8. The van der Waals surface area contributed by atoms with Crippen LogP contribution in [0.3, 0.4) is 0 Å². The van der Waals surface area contributed by atoms with E-state index >= 15 is 0 Å². The highest BCUT2D eigenvalue weighted by molar-refractivity contribution is 7.09. The summed E-state index contributed by atoms with van der Waals surface area (Å²) in [7, 11) is 0. The summed E-state index contributed by atoms with van der Waals surface area (Å²) in [6.45, 7) is 6.84. The van der Waals surface area contributed by atoms with Crippen molar-refractivity contribution in [3.05, 3.63) is 80.8 Å². The molecule has 0 saturated carbocycles. The van der Waals surface area contributed by atoms with Crippen molar-refractivity contribution in [1.82, 2.24) is 9.88 Å². The maximum absolute atomic E-state index is 13.0. The predicted octanol–water partition coefficient (Wildman–Crippen LogP) is 5.73. The van der Waals surface area contributed by atoms with Crippen LogP contribution >= 0.6 is 22.9 Å². The monoisotopic (exact) mass is 414 g/mol. The first-order valence-electron chi connectivity index (χ1n) is 9.12. The number of ether oxygens (including phenoxy) is 1. The van der Waals surface area contributed by atoms with E-state index in [0.29, 0.717) is 23.9 Å². The number of benzene rings is 2. The van der Waals surface area contributed by atoms with E-state index in [1.807, 2.05) is 73.5 Å². The molecular weight excluding hydrogens is 392 g/mol. The number of aryl methyl sites for hydroxylation is 1. The third-order valence-electron chi connectivity index (χ3n) is 4.35. The molecule has 6 heteroatoms. The quantitative estimate of drug-likeness (QED) is 0.495. The van der Waals surface area contributed by atoms with E-state index in [1.165, 1.54) is 11.3 Å². The number of carbonyl (C=O) groups excluding carboxylic acids is 1. The van der Waals surface area contributed by atoms with Crippen LogP contribution < -0.4 is 4.74 Å². The van der Waals surface area contributed by atoms with Crippen molar-refractivity contribution < 1.29 is 9.53 Å². The summed E-state index contributed by atoms with van der Waals surface area (Å²) in [6, 6.07) is 15.0. The molecule has 0 saturated heterocycles. The molecule has 1 aromatic heterocycles. The van der Waals surface area contributed by atoms with Crippen LogP contribution in [-0.4, -0.2) is 21.8 Å². The number of halogens is 1. The van der Waals surface area contributed by atoms with Gasteiger partial charge in [0.2, 0.25) is 0 Å². The molecule has 0 aliphatic rings. The van der Waals surface area contributed by atoms with Crippen molar-refractivity contribution in [1.29, 1.82) is 0 Å². The molecule has 146 valence electrons. The van der Waals surface area contributed by atoms with Gasteiger partial charge in [-0.2, -0.15) is 0 Å². The number of aromatic nitrogens is 1. The van der Waals surface area contributed by atoms with Gasteiger partial charge in [0.1, 0.15) is 17.4 Å². The Balaban J connectivity index is 1.67. The fourth-order valence-corrected chi connectivity index (χ4v) is 3.70. The topological polar surface area (TPSA) is 42.4 Å². The molecule has 1 heterocycles. The van der Waals surface area contributed by atoms with Gasteiger partial charge in [0.05, 0.1) is 12.2 Å². The van der Waals surface area contributed by atoms with E-state index in [9.17, 15) is 4.79 Å². The molecule has 0 spiro atoms. The number of rotatable bonds is 7. The molecule has 0 aliphatic carbocycles. The maximum atomic E-state index is 13.0. The molecule has 0 bridgehead atoms. The summed E-state index contributed by atoms with van der Waals surface area (Å²) in [4.78, 5) is 19.5. The molecule has 0 radical (unpaired) electrons. The minimum Gasteiger partial charge on any atom is -0.486 e. The van der Waals surface area contributed by atoms with Gasteiger partial charge < -0.3 is 9.64 Å². The lowest BCUT2D eigenvalue weighted by atomic mass is 10.1. The minimum atomic E-state index is 0.0258. The summed E-state index contributed by atoms with van der Waals surface area (Å²) < 4.78 is 5.75. The lowest BCUT2D eigenvalue weighted by molar-refractivity contribution is 0.0687. The molecule has 0 atom stereocenters. The third-order valence-corrected chi connectivity index (χ3v) is 5.46. The van der Waals surface area contributed by atoms with Crippen molar-refractivity contribution in [3.63, 3.8) is 0 Å². The third kappa shape index (κ3) is 5.12. The first-order valence-corrected chi connectivity index (χ1v) is 10.4. The van der Waals surface area contributed by atoms with Crippen molar-refractivity contribution in [2.24, 2.45) is 0 Å². The average Bonchev–Trinajstić information content (AvgIpc) is 3.12. The molecule has 0 N–H and O–H groups in total. The van der Waals surface area contributed by atoms with E-state index in [2.05, 4.69) is 4.98 Å². The van der Waals surface area contributed by atoms with Gasteiger partial charge in [-0.25, -0.2) is 4.98 Å². The van der Waals surface area contributed by atoms with Gasteiger partial charge in [-0.3, -0.25) is 4.79 Å². The molecule has 3 rings (SSSR count). The Hall–Kier alpha value is -2.37. The number of carbonyl (C=O) groups is 1. The van der Waals surface area contributed by atoms with E-state index < -0.39 is 0 Å². The Bertz CT molecular complexity index is 955. The van der Waals surface area contributed by atoms with Crippen LogP contribution in [0.1, 0.15) is 40.5 Å². The van der Waals surface area contributed by atoms with Crippen molar-refractivity contribution in [2.75, 3.05) is 0 Å². The Morgan fingerprint density at radius 3 is 2.71 bits per heavy atom. The number of hydrogen-bond acceptors (Lipinski definition) is 4. The molecular formula is C22H23ClN2O2S. The zero-order valence-electron chi connectivity index (χ0n) is 16.2. The van der Waals surface area contributed by atoms with Gasteiger partial charge in [0.25, 0.3) is 5.91 Å². The Morgan fingerprint density at radius 1 is 1.21 bits per heavy atom. The molecule has 0 unspecified atom stereocenters. The number of amides is 1. The fraction of sp³-hybridized carbons (Fsp3) is 0.273. The van der Waals surface area contributed by atoms with Gasteiger partial charge in [-0.05, 0) is 50.6 Å². The maximum Gasteiger partial charge on any atom is 0.254 e. The summed E-state index contributed by atoms with van der Waals surface area (Å²) in [5.74, 6) is 0.737. The van der Waals surface area contributed by atoms with Gasteiger partial charge >= 0.3 is 0 Å². The molecule has 1 amide bonds. The highest BCUT2D eigenvalue weighted by Crippen LogP contribution is 2.21. The van der Waals surface area contributed by atoms with Crippen molar-refractivity contribution in [2.45, 2.75) is 40.0 Å². The second kappa shape index (κ2) is 9.22. The standard InChI is InChI=1S/C22H23ClN2O2S/c1-15(2)25(22(26)20-10-5-4-7-16(20)3)12-18-14-28-21(24-18)13-27-19-9-6-8-17(23)11-19/h4-11,14-15H,12-13H2,1-3H3. The second-order valence-electron chi connectivity index (χ2n) is 6.82. The molecule has 4 nitrogen and oxygen atoms in total. The SMILES string of the molecule is Cc1ccccc1C(=O)N(Cc1csc(COc2cccc(Cl)c2)n1)C(C)C. The first-order chi connectivity index (χ1) is 13.4. The van der Waals surface area contributed by atoms with Crippen molar-refractivity contribution >= 4 is 28.8 Å². The summed E-state index contributed by atoms with van der Waals surface area (Å²) in [6.07, 6.45) is 0. The number of thiazole rings is 1. The van der Waals surface area contributed by atoms with E-state index in [-0.39, 0.29) is 11.9 Å². The van der Waals surface area contributed by atoms with E-state index in [0.717, 1.165) is 21.8 Å². The van der Waals surface area contributed by atoms with E-state index in [4.69, 9.17) is 16.3 Å². The first kappa shape index (κ1) is 20.4. The molecule has 2 aromatic carbocycles. The highest BCUT2D eigenvalue weighted by Gasteiger charge is 2.21. The largest absolute Gasteiger partial charge is 0.486 e. The average molecular weight is 415 g/mol. The van der Waals surface area contributed by atoms with Crippen LogP contribution in [-0.2, 0) is 13.2 Å². The number of nitrogens with zero attached hydrogens (tertiary/aromatic N) is 2. The van der Waals surface area contributed by atoms with Crippen LogP contribution in [0.2, 0.25) is 5.02 Å². The van der Waals surface area contributed by atoms with E-state index in [1.54, 1.807) is 6.07 Å². The molecule has 0 fully saturated rings. The Kier molecular flexibility index (Phi) is 6.70. The van der Waals surface area contributed by atoms with Crippen LogP contribution in [0.25, 0.3) is 0 Å². The van der Waals surface area contributed by atoms with Gasteiger partial charge in [0, 0.05) is 22.0 Å². The van der Waals surface area contributed by atoms with Gasteiger partial charge in [-0.15, -0.1) is 11.3 Å².